The minimum atomic E-state index is -0.442. The number of carbonyl (C=O) groups excluding carboxylic acids is 1. The number of anilines is 1. The number of aromatic nitrogens is 5. The van der Waals surface area contributed by atoms with Crippen LogP contribution in [0.5, 0.6) is 0 Å². The summed E-state index contributed by atoms with van der Waals surface area (Å²) in [6.07, 6.45) is 3.01. The van der Waals surface area contributed by atoms with Crippen LogP contribution >= 0.6 is 11.3 Å². The van der Waals surface area contributed by atoms with Gasteiger partial charge in [0.25, 0.3) is 5.91 Å². The predicted octanol–water partition coefficient (Wildman–Crippen LogP) is 3.49. The molecule has 3 heterocycles. The molecule has 7 nitrogen and oxygen atoms in total. The van der Waals surface area contributed by atoms with Crippen LogP contribution < -0.4 is 5.32 Å². The molecule has 1 aromatic carbocycles. The van der Waals surface area contributed by atoms with E-state index in [9.17, 15) is 9.18 Å². The molecule has 0 unspecified atom stereocenters. The first-order valence-electron chi connectivity index (χ1n) is 7.97. The Morgan fingerprint density at radius 3 is 2.96 bits per heavy atom. The van der Waals surface area contributed by atoms with Crippen LogP contribution in [0.4, 0.5) is 9.52 Å². The van der Waals surface area contributed by atoms with Crippen molar-refractivity contribution in [3.63, 3.8) is 0 Å². The number of hydrogen-bond donors (Lipinski definition) is 1. The summed E-state index contributed by atoms with van der Waals surface area (Å²) in [5.74, 6) is -0.868. The third-order valence-electron chi connectivity index (χ3n) is 3.81. The second kappa shape index (κ2) is 7.04. The molecule has 1 amide bonds. The fraction of sp³-hybridized carbons (Fsp3) is 0.0556. The molecule has 0 aliphatic rings. The number of benzene rings is 1. The van der Waals surface area contributed by atoms with Gasteiger partial charge < -0.3 is 0 Å². The molecule has 3 aromatic heterocycles. The largest absolute Gasteiger partial charge is 0.296 e. The van der Waals surface area contributed by atoms with E-state index < -0.39 is 11.7 Å². The molecule has 0 bridgehead atoms. The number of nitrogens with one attached hydrogen (secondary N) is 1. The van der Waals surface area contributed by atoms with Crippen molar-refractivity contribution in [3.8, 4) is 17.1 Å². The fourth-order valence-corrected chi connectivity index (χ4v) is 3.23. The summed E-state index contributed by atoms with van der Waals surface area (Å²) in [5.41, 5.74) is 3.02. The van der Waals surface area contributed by atoms with Crippen molar-refractivity contribution in [2.24, 2.45) is 0 Å². The Bertz CT molecular complexity index is 1120. The molecule has 9 heteroatoms. The van der Waals surface area contributed by atoms with Gasteiger partial charge in [0.2, 0.25) is 0 Å². The van der Waals surface area contributed by atoms with Crippen LogP contribution in [0.15, 0.2) is 54.2 Å². The van der Waals surface area contributed by atoms with E-state index in [1.54, 1.807) is 12.3 Å². The van der Waals surface area contributed by atoms with Crippen molar-refractivity contribution >= 4 is 22.4 Å². The van der Waals surface area contributed by atoms with Crippen LogP contribution in [0.2, 0.25) is 0 Å². The van der Waals surface area contributed by atoms with E-state index in [1.807, 2.05) is 24.4 Å². The minimum absolute atomic E-state index is 0.173. The quantitative estimate of drug-likeness (QED) is 0.586. The second-order valence-corrected chi connectivity index (χ2v) is 6.53. The smallest absolute Gasteiger partial charge is 0.277 e. The van der Waals surface area contributed by atoms with E-state index in [1.165, 1.54) is 40.4 Å². The van der Waals surface area contributed by atoms with Gasteiger partial charge in [-0.3, -0.25) is 15.1 Å². The summed E-state index contributed by atoms with van der Waals surface area (Å²) >= 11 is 1.29. The molecule has 134 valence electrons. The number of pyridine rings is 1. The first-order chi connectivity index (χ1) is 13.1. The van der Waals surface area contributed by atoms with Gasteiger partial charge in [0.05, 0.1) is 17.6 Å². The Morgan fingerprint density at radius 1 is 1.26 bits per heavy atom. The van der Waals surface area contributed by atoms with Gasteiger partial charge in [-0.15, -0.1) is 16.4 Å². The Labute approximate surface area is 157 Å². The number of nitrogens with zero attached hydrogens (tertiary/aromatic N) is 5. The molecule has 1 N–H and O–H groups in total. The van der Waals surface area contributed by atoms with E-state index in [0.29, 0.717) is 16.5 Å². The lowest BCUT2D eigenvalue weighted by Crippen LogP contribution is -2.17. The first kappa shape index (κ1) is 17.0. The lowest BCUT2D eigenvalue weighted by Gasteiger charge is -2.05. The van der Waals surface area contributed by atoms with E-state index in [4.69, 9.17) is 0 Å². The molecule has 0 fully saturated rings. The van der Waals surface area contributed by atoms with Gasteiger partial charge in [-0.1, -0.05) is 17.3 Å². The maximum absolute atomic E-state index is 13.5. The summed E-state index contributed by atoms with van der Waals surface area (Å²) in [6, 6.07) is 9.57. The lowest BCUT2D eigenvalue weighted by molar-refractivity contribution is 0.101. The van der Waals surface area contributed by atoms with E-state index >= 15 is 0 Å². The Kier molecular flexibility index (Phi) is 4.43. The van der Waals surface area contributed by atoms with Crippen LogP contribution in [0.1, 0.15) is 16.1 Å². The standard InChI is InChI=1S/C18H13FN6OS/c1-11-4-3-7-20-16(11)14-10-27-18(22-14)23-17(26)15-9-21-24-25(15)13-6-2-5-12(19)8-13/h2-10H,1H3,(H,22,23,26). The highest BCUT2D eigenvalue weighted by Crippen LogP contribution is 2.26. The number of rotatable bonds is 4. The van der Waals surface area contributed by atoms with Crippen LogP contribution in [-0.4, -0.2) is 30.9 Å². The van der Waals surface area contributed by atoms with Crippen molar-refractivity contribution in [1.82, 2.24) is 25.0 Å². The SMILES string of the molecule is Cc1cccnc1-c1csc(NC(=O)c2cnnn2-c2cccc(F)c2)n1. The minimum Gasteiger partial charge on any atom is -0.296 e. The third kappa shape index (κ3) is 3.44. The molecular formula is C18H13FN6OS. The van der Waals surface area contributed by atoms with Crippen LogP contribution in [0.3, 0.4) is 0 Å². The highest BCUT2D eigenvalue weighted by atomic mass is 32.1. The topological polar surface area (TPSA) is 85.6 Å². The van der Waals surface area contributed by atoms with Crippen LogP contribution in [-0.2, 0) is 0 Å². The van der Waals surface area contributed by atoms with Gasteiger partial charge in [-0.25, -0.2) is 14.1 Å². The number of halogens is 1. The normalized spacial score (nSPS) is 10.7. The van der Waals surface area contributed by atoms with E-state index in [0.717, 1.165) is 11.3 Å². The third-order valence-corrected chi connectivity index (χ3v) is 4.57. The molecule has 0 spiro atoms. The molecule has 4 aromatic rings. The number of thiazole rings is 1. The molecule has 0 aliphatic heterocycles. The highest BCUT2D eigenvalue weighted by Gasteiger charge is 2.17. The van der Waals surface area contributed by atoms with Gasteiger partial charge in [-0.2, -0.15) is 0 Å². The van der Waals surface area contributed by atoms with Gasteiger partial charge in [-0.05, 0) is 36.8 Å². The predicted molar refractivity (Wildman–Crippen MR) is 99.4 cm³/mol. The van der Waals surface area contributed by atoms with Crippen molar-refractivity contribution in [3.05, 3.63) is 71.2 Å². The van der Waals surface area contributed by atoms with Gasteiger partial charge >= 0.3 is 0 Å². The summed E-state index contributed by atoms with van der Waals surface area (Å²) in [6.45, 7) is 1.95. The van der Waals surface area contributed by atoms with Crippen molar-refractivity contribution in [2.75, 3.05) is 5.32 Å². The Balaban J connectivity index is 1.58. The van der Waals surface area contributed by atoms with E-state index in [2.05, 4.69) is 25.6 Å². The van der Waals surface area contributed by atoms with Crippen molar-refractivity contribution in [1.29, 1.82) is 0 Å². The number of aryl methyl sites for hydroxylation is 1. The van der Waals surface area contributed by atoms with Crippen molar-refractivity contribution < 1.29 is 9.18 Å². The average Bonchev–Trinajstić information content (AvgIpc) is 3.31. The molecule has 0 saturated carbocycles. The zero-order valence-corrected chi connectivity index (χ0v) is 14.9. The fourth-order valence-electron chi connectivity index (χ4n) is 2.54. The molecule has 0 radical (unpaired) electrons. The monoisotopic (exact) mass is 380 g/mol. The van der Waals surface area contributed by atoms with Gasteiger partial charge in [0, 0.05) is 11.6 Å². The molecule has 0 aliphatic carbocycles. The second-order valence-electron chi connectivity index (χ2n) is 5.67. The molecule has 0 saturated heterocycles. The van der Waals surface area contributed by atoms with Gasteiger partial charge in [0.15, 0.2) is 10.8 Å². The number of hydrogen-bond acceptors (Lipinski definition) is 6. The van der Waals surface area contributed by atoms with Gasteiger partial charge in [0.1, 0.15) is 11.5 Å². The molecule has 4 rings (SSSR count). The maximum atomic E-state index is 13.5. The molecular weight excluding hydrogens is 367 g/mol. The first-order valence-corrected chi connectivity index (χ1v) is 8.85. The average molecular weight is 380 g/mol. The van der Waals surface area contributed by atoms with Crippen LogP contribution in [0, 0.1) is 12.7 Å². The zero-order chi connectivity index (χ0) is 18.8. The zero-order valence-electron chi connectivity index (χ0n) is 14.1. The number of amides is 1. The summed E-state index contributed by atoms with van der Waals surface area (Å²) < 4.78 is 14.7. The van der Waals surface area contributed by atoms with E-state index in [-0.39, 0.29) is 5.69 Å². The molecule has 0 atom stereocenters. The number of carbonyl (C=O) groups is 1. The van der Waals surface area contributed by atoms with Crippen LogP contribution in [0.25, 0.3) is 17.1 Å². The molecule has 27 heavy (non-hydrogen) atoms. The summed E-state index contributed by atoms with van der Waals surface area (Å²) in [7, 11) is 0. The lowest BCUT2D eigenvalue weighted by atomic mass is 10.2. The Morgan fingerprint density at radius 2 is 2.15 bits per heavy atom. The summed E-state index contributed by atoms with van der Waals surface area (Å²) in [4.78, 5) is 21.4. The highest BCUT2D eigenvalue weighted by molar-refractivity contribution is 7.14. The maximum Gasteiger partial charge on any atom is 0.277 e. The Hall–Kier alpha value is -3.46. The van der Waals surface area contributed by atoms with Crippen molar-refractivity contribution in [2.45, 2.75) is 6.92 Å². The summed E-state index contributed by atoms with van der Waals surface area (Å²) in [5, 5.41) is 12.6.